The van der Waals surface area contributed by atoms with Gasteiger partial charge in [-0.3, -0.25) is 0 Å². The summed E-state index contributed by atoms with van der Waals surface area (Å²) in [5.41, 5.74) is 1.39. The highest BCUT2D eigenvalue weighted by atomic mass is 79.9. The van der Waals surface area contributed by atoms with Crippen molar-refractivity contribution in [2.45, 2.75) is 19.0 Å². The van der Waals surface area contributed by atoms with E-state index in [-0.39, 0.29) is 12.2 Å². The molecule has 0 atom stereocenters. The molecule has 2 rings (SSSR count). The van der Waals surface area contributed by atoms with E-state index in [2.05, 4.69) is 31.2 Å². The van der Waals surface area contributed by atoms with Crippen molar-refractivity contribution in [1.29, 1.82) is 0 Å². The Hall–Kier alpha value is -1.63. The molecular formula is C14H13BrF3N3. The third kappa shape index (κ3) is 4.17. The van der Waals surface area contributed by atoms with Crippen LogP contribution in [0.25, 0.3) is 11.3 Å². The SMILES string of the molecule is CNc1nc(CCC(F)(F)F)nc(-c2ccccc2)c1Br. The van der Waals surface area contributed by atoms with E-state index in [1.165, 1.54) is 0 Å². The number of aromatic nitrogens is 2. The van der Waals surface area contributed by atoms with Gasteiger partial charge in [0.15, 0.2) is 0 Å². The molecule has 1 heterocycles. The molecule has 0 aliphatic rings. The minimum Gasteiger partial charge on any atom is -0.372 e. The topological polar surface area (TPSA) is 37.8 Å². The monoisotopic (exact) mass is 359 g/mol. The van der Waals surface area contributed by atoms with Gasteiger partial charge in [0.05, 0.1) is 16.6 Å². The average Bonchev–Trinajstić information content (AvgIpc) is 2.46. The normalized spacial score (nSPS) is 11.5. The molecule has 21 heavy (non-hydrogen) atoms. The molecule has 0 radical (unpaired) electrons. The minimum atomic E-state index is -4.22. The number of nitrogens with zero attached hydrogens (tertiary/aromatic N) is 2. The second-order valence-electron chi connectivity index (χ2n) is 4.38. The molecule has 0 bridgehead atoms. The van der Waals surface area contributed by atoms with Crippen molar-refractivity contribution in [3.8, 4) is 11.3 Å². The molecule has 112 valence electrons. The van der Waals surface area contributed by atoms with Crippen LogP contribution in [0.5, 0.6) is 0 Å². The molecule has 0 amide bonds. The van der Waals surface area contributed by atoms with Crippen molar-refractivity contribution in [3.63, 3.8) is 0 Å². The summed E-state index contributed by atoms with van der Waals surface area (Å²) in [5.74, 6) is 0.639. The highest BCUT2D eigenvalue weighted by Gasteiger charge is 2.27. The van der Waals surface area contributed by atoms with Crippen molar-refractivity contribution in [2.75, 3.05) is 12.4 Å². The predicted molar refractivity (Wildman–Crippen MR) is 79.1 cm³/mol. The predicted octanol–water partition coefficient (Wildman–Crippen LogP) is 4.44. The molecule has 3 nitrogen and oxygen atoms in total. The van der Waals surface area contributed by atoms with Crippen molar-refractivity contribution in [3.05, 3.63) is 40.6 Å². The van der Waals surface area contributed by atoms with Gasteiger partial charge in [-0.25, -0.2) is 9.97 Å². The van der Waals surface area contributed by atoms with Crippen LogP contribution >= 0.6 is 15.9 Å². The highest BCUT2D eigenvalue weighted by Crippen LogP contribution is 2.32. The minimum absolute atomic E-state index is 0.165. The molecular weight excluding hydrogens is 347 g/mol. The zero-order valence-electron chi connectivity index (χ0n) is 11.2. The van der Waals surface area contributed by atoms with Gasteiger partial charge in [0.25, 0.3) is 0 Å². The fourth-order valence-corrected chi connectivity index (χ4v) is 2.42. The second-order valence-corrected chi connectivity index (χ2v) is 5.18. The smallest absolute Gasteiger partial charge is 0.372 e. The van der Waals surface area contributed by atoms with Crippen molar-refractivity contribution >= 4 is 21.7 Å². The Morgan fingerprint density at radius 2 is 1.81 bits per heavy atom. The van der Waals surface area contributed by atoms with Gasteiger partial charge in [-0.1, -0.05) is 30.3 Å². The van der Waals surface area contributed by atoms with Crippen LogP contribution in [0, 0.1) is 0 Å². The van der Waals surface area contributed by atoms with Crippen LogP contribution in [0.2, 0.25) is 0 Å². The fourth-order valence-electron chi connectivity index (χ4n) is 1.81. The summed E-state index contributed by atoms with van der Waals surface area (Å²) in [4.78, 5) is 8.37. The molecule has 1 aromatic heterocycles. The summed E-state index contributed by atoms with van der Waals surface area (Å²) in [6.07, 6.45) is -5.40. The molecule has 2 aromatic rings. The largest absolute Gasteiger partial charge is 0.389 e. The lowest BCUT2D eigenvalue weighted by atomic mass is 10.1. The lowest BCUT2D eigenvalue weighted by Gasteiger charge is -2.12. The molecule has 0 aliphatic heterocycles. The molecule has 0 fully saturated rings. The summed E-state index contributed by atoms with van der Waals surface area (Å²) in [6.45, 7) is 0. The Bertz CT molecular complexity index is 615. The van der Waals surface area contributed by atoms with Gasteiger partial charge in [-0.15, -0.1) is 0 Å². The van der Waals surface area contributed by atoms with E-state index >= 15 is 0 Å². The van der Waals surface area contributed by atoms with Crippen LogP contribution in [0.4, 0.5) is 19.0 Å². The summed E-state index contributed by atoms with van der Waals surface area (Å²) in [5, 5.41) is 2.86. The molecule has 0 unspecified atom stereocenters. The number of anilines is 1. The molecule has 1 N–H and O–H groups in total. The maximum atomic E-state index is 12.3. The first kappa shape index (κ1) is 15.8. The lowest BCUT2D eigenvalue weighted by molar-refractivity contribution is -0.134. The zero-order valence-corrected chi connectivity index (χ0v) is 12.8. The van der Waals surface area contributed by atoms with Gasteiger partial charge >= 0.3 is 6.18 Å². The quantitative estimate of drug-likeness (QED) is 0.876. The number of alkyl halides is 3. The number of hydrogen-bond acceptors (Lipinski definition) is 3. The molecule has 7 heteroatoms. The first-order chi connectivity index (χ1) is 9.90. The highest BCUT2D eigenvalue weighted by molar-refractivity contribution is 9.10. The maximum absolute atomic E-state index is 12.3. The number of hydrogen-bond donors (Lipinski definition) is 1. The zero-order chi connectivity index (χ0) is 15.5. The van der Waals surface area contributed by atoms with Crippen LogP contribution in [0.3, 0.4) is 0 Å². The van der Waals surface area contributed by atoms with Gasteiger partial charge in [-0.05, 0) is 15.9 Å². The number of aryl methyl sites for hydroxylation is 1. The standard InChI is InChI=1S/C14H13BrF3N3/c1-19-13-11(15)12(9-5-3-2-4-6-9)20-10(21-13)7-8-14(16,17)18/h2-6H,7-8H2,1H3,(H,19,20,21). The average molecular weight is 360 g/mol. The molecule has 1 aromatic carbocycles. The molecule has 0 saturated carbocycles. The Kier molecular flexibility index (Phi) is 4.82. The van der Waals surface area contributed by atoms with Gasteiger partial charge in [-0.2, -0.15) is 13.2 Å². The van der Waals surface area contributed by atoms with Crippen LogP contribution in [-0.4, -0.2) is 23.2 Å². The van der Waals surface area contributed by atoms with E-state index < -0.39 is 12.6 Å². The maximum Gasteiger partial charge on any atom is 0.389 e. The van der Waals surface area contributed by atoms with E-state index in [1.807, 2.05) is 30.3 Å². The van der Waals surface area contributed by atoms with Gasteiger partial charge in [0.2, 0.25) is 0 Å². The van der Waals surface area contributed by atoms with E-state index in [1.54, 1.807) is 7.05 Å². The Balaban J connectivity index is 2.40. The Morgan fingerprint density at radius 3 is 2.38 bits per heavy atom. The third-order valence-electron chi connectivity index (χ3n) is 2.81. The summed E-state index contributed by atoms with van der Waals surface area (Å²) in [6, 6.07) is 9.25. The molecule has 0 aliphatic carbocycles. The summed E-state index contributed by atoms with van der Waals surface area (Å²) >= 11 is 3.39. The fraction of sp³-hybridized carbons (Fsp3) is 0.286. The number of rotatable bonds is 4. The van der Waals surface area contributed by atoms with Crippen LogP contribution in [0.1, 0.15) is 12.2 Å². The van der Waals surface area contributed by atoms with Crippen molar-refractivity contribution in [1.82, 2.24) is 9.97 Å². The summed E-state index contributed by atoms with van der Waals surface area (Å²) < 4.78 is 37.7. The molecule has 0 spiro atoms. The van der Waals surface area contributed by atoms with E-state index in [0.717, 1.165) is 5.56 Å². The molecule has 0 saturated heterocycles. The van der Waals surface area contributed by atoms with Crippen LogP contribution < -0.4 is 5.32 Å². The van der Waals surface area contributed by atoms with Crippen LogP contribution in [-0.2, 0) is 6.42 Å². The third-order valence-corrected chi connectivity index (χ3v) is 3.56. The van der Waals surface area contributed by atoms with E-state index in [4.69, 9.17) is 0 Å². The van der Waals surface area contributed by atoms with Gasteiger partial charge < -0.3 is 5.32 Å². The number of nitrogens with one attached hydrogen (secondary N) is 1. The Morgan fingerprint density at radius 1 is 1.14 bits per heavy atom. The van der Waals surface area contributed by atoms with Crippen LogP contribution in [0.15, 0.2) is 34.8 Å². The van der Waals surface area contributed by atoms with Gasteiger partial charge in [0, 0.05) is 19.0 Å². The van der Waals surface area contributed by atoms with E-state index in [0.29, 0.717) is 16.0 Å². The first-order valence-electron chi connectivity index (χ1n) is 6.27. The second kappa shape index (κ2) is 6.43. The van der Waals surface area contributed by atoms with Gasteiger partial charge in [0.1, 0.15) is 11.6 Å². The number of benzene rings is 1. The van der Waals surface area contributed by atoms with Crippen molar-refractivity contribution in [2.24, 2.45) is 0 Å². The lowest BCUT2D eigenvalue weighted by Crippen LogP contribution is -2.11. The van der Waals surface area contributed by atoms with E-state index in [9.17, 15) is 13.2 Å². The van der Waals surface area contributed by atoms with Crippen molar-refractivity contribution < 1.29 is 13.2 Å². The number of halogens is 4. The summed E-state index contributed by atoms with van der Waals surface area (Å²) in [7, 11) is 1.66. The Labute approximate surface area is 128 Å². The first-order valence-corrected chi connectivity index (χ1v) is 7.06.